The van der Waals surface area contributed by atoms with E-state index in [0.29, 0.717) is 28.0 Å². The van der Waals surface area contributed by atoms with Crippen LogP contribution in [0, 0.1) is 18.3 Å². The van der Waals surface area contributed by atoms with E-state index in [2.05, 4.69) is 29.9 Å². The van der Waals surface area contributed by atoms with Gasteiger partial charge in [-0.25, -0.2) is 43.4 Å². The predicted molar refractivity (Wildman–Crippen MR) is 196 cm³/mol. The second kappa shape index (κ2) is 14.9. The molecule has 3 fully saturated rings. The first-order valence-electron chi connectivity index (χ1n) is 18.0. The number of halogens is 1. The molecule has 5 aromatic heterocycles. The minimum Gasteiger partial charge on any atom is -0.407 e. The second-order valence-electron chi connectivity index (χ2n) is 15.3. The Hall–Kier alpha value is -3.62. The number of nitriles is 1. The number of nitrogens with zero attached hydrogens (tertiary/aromatic N) is 10. The number of phosphoric ester groups is 2. The number of alkyl halides is 1. The van der Waals surface area contributed by atoms with Crippen LogP contribution in [0.1, 0.15) is 45.3 Å². The van der Waals surface area contributed by atoms with E-state index in [4.69, 9.17) is 36.5 Å². The van der Waals surface area contributed by atoms with Crippen LogP contribution in [-0.4, -0.2) is 113 Å². The Morgan fingerprint density at radius 2 is 1.61 bits per heavy atom. The van der Waals surface area contributed by atoms with Crippen molar-refractivity contribution in [3.05, 3.63) is 43.4 Å². The van der Waals surface area contributed by atoms with E-state index >= 15 is 4.39 Å². The normalized spacial score (nSPS) is 32.9. The summed E-state index contributed by atoms with van der Waals surface area (Å²) in [6, 6.07) is 1.92. The van der Waals surface area contributed by atoms with Crippen LogP contribution >= 0.6 is 15.6 Å². The maximum Gasteiger partial charge on any atom is 0.475 e. The van der Waals surface area contributed by atoms with Gasteiger partial charge in [-0.05, 0) is 25.1 Å². The number of hydrogen-bond donors (Lipinski definition) is 1. The highest BCUT2D eigenvalue weighted by Crippen LogP contribution is 2.57. The number of ether oxygens (including phenoxy) is 2. The summed E-state index contributed by atoms with van der Waals surface area (Å²) < 4.78 is 97.8. The van der Waals surface area contributed by atoms with Gasteiger partial charge in [-0.2, -0.15) is 5.26 Å². The van der Waals surface area contributed by atoms with Gasteiger partial charge in [0.1, 0.15) is 48.7 Å². The summed E-state index contributed by atoms with van der Waals surface area (Å²) in [6.07, 6.45) is -3.11. The van der Waals surface area contributed by atoms with Crippen LogP contribution in [0.25, 0.3) is 28.0 Å². The maximum absolute atomic E-state index is 16.6. The zero-order valence-electron chi connectivity index (χ0n) is 31.7. The molecule has 0 amide bonds. The van der Waals surface area contributed by atoms with E-state index in [9.17, 15) is 19.3 Å². The SMILES string of the molecule is Cc1ncnc2c1ncn2[C@@H]1O[C@@H]2COP(=O)(O)O[C@H]3[C@@H](F)[C@H](n4cnc5c4ncn4ccnc54)O[C@@H]3COP(=O)(OCCC#N)O[C@H]2[C@H]1O[Si](C)(C)C(C)(C)C. The minimum atomic E-state index is -5.11. The van der Waals surface area contributed by atoms with Crippen molar-refractivity contribution in [3.63, 3.8) is 0 Å². The van der Waals surface area contributed by atoms with E-state index < -0.39 is 86.3 Å². The van der Waals surface area contributed by atoms with Gasteiger partial charge >= 0.3 is 15.6 Å². The number of imidazole rings is 3. The van der Waals surface area contributed by atoms with Crippen molar-refractivity contribution in [2.24, 2.45) is 0 Å². The molecule has 0 aromatic carbocycles. The fraction of sp³-hybridized carbons (Fsp3) is 0.594. The van der Waals surface area contributed by atoms with Crippen molar-refractivity contribution in [2.45, 2.75) is 101 Å². The van der Waals surface area contributed by atoms with Gasteiger partial charge in [-0.1, -0.05) is 20.8 Å². The quantitative estimate of drug-likeness (QED) is 0.132. The molecule has 25 heteroatoms. The summed E-state index contributed by atoms with van der Waals surface area (Å²) in [5, 5.41) is 8.95. The lowest BCUT2D eigenvalue weighted by Gasteiger charge is -2.41. The zero-order valence-corrected chi connectivity index (χ0v) is 34.5. The Kier molecular flexibility index (Phi) is 10.5. The van der Waals surface area contributed by atoms with Gasteiger partial charge in [0.2, 0.25) is 0 Å². The van der Waals surface area contributed by atoms with Crippen molar-refractivity contribution < 1.29 is 54.9 Å². The van der Waals surface area contributed by atoms with E-state index in [0.717, 1.165) is 0 Å². The van der Waals surface area contributed by atoms with E-state index in [1.807, 2.05) is 39.9 Å². The molecule has 1 N–H and O–H groups in total. The van der Waals surface area contributed by atoms with Gasteiger partial charge in [0.25, 0.3) is 0 Å². The first kappa shape index (κ1) is 40.2. The number of hydrogen-bond acceptors (Lipinski definition) is 17. The van der Waals surface area contributed by atoms with Gasteiger partial charge in [0, 0.05) is 12.4 Å². The van der Waals surface area contributed by atoms with Crippen molar-refractivity contribution >= 4 is 51.9 Å². The van der Waals surface area contributed by atoms with Gasteiger partial charge < -0.3 is 18.8 Å². The monoisotopic (exact) mass is 850 g/mol. The lowest BCUT2D eigenvalue weighted by atomic mass is 10.1. The van der Waals surface area contributed by atoms with Gasteiger partial charge in [0.05, 0.1) is 50.7 Å². The van der Waals surface area contributed by atoms with Gasteiger partial charge in [-0.15, -0.1) is 0 Å². The third-order valence-electron chi connectivity index (χ3n) is 10.6. The Morgan fingerprint density at radius 3 is 2.37 bits per heavy atom. The molecule has 0 radical (unpaired) electrons. The first-order valence-corrected chi connectivity index (χ1v) is 23.9. The number of rotatable bonds is 7. The third-order valence-corrected chi connectivity index (χ3v) is 17.5. The molecule has 3 aliphatic heterocycles. The summed E-state index contributed by atoms with van der Waals surface area (Å²) >= 11 is 0. The summed E-state index contributed by atoms with van der Waals surface area (Å²) in [5.41, 5.74) is 2.47. The van der Waals surface area contributed by atoms with E-state index in [-0.39, 0.29) is 23.7 Å². The zero-order chi connectivity index (χ0) is 40.5. The Labute approximate surface area is 325 Å². The molecule has 5 aromatic rings. The number of fused-ring (bicyclic) bond motifs is 6. The van der Waals surface area contributed by atoms with E-state index in [1.54, 1.807) is 28.3 Å². The second-order valence-corrected chi connectivity index (χ2v) is 23.1. The van der Waals surface area contributed by atoms with Gasteiger partial charge in [0.15, 0.2) is 49.4 Å². The van der Waals surface area contributed by atoms with Crippen molar-refractivity contribution in [2.75, 3.05) is 19.8 Å². The topological polar surface area (TPSA) is 244 Å². The van der Waals surface area contributed by atoms with Crippen molar-refractivity contribution in [3.8, 4) is 6.07 Å². The fourth-order valence-electron chi connectivity index (χ4n) is 6.67. The Morgan fingerprint density at radius 1 is 0.930 bits per heavy atom. The summed E-state index contributed by atoms with van der Waals surface area (Å²) in [4.78, 5) is 37.2. The predicted octanol–water partition coefficient (Wildman–Crippen LogP) is 4.71. The molecule has 57 heavy (non-hydrogen) atoms. The molecule has 0 bridgehead atoms. The summed E-state index contributed by atoms with van der Waals surface area (Å²) in [6.45, 7) is 10.0. The van der Waals surface area contributed by atoms with Crippen LogP contribution in [0.5, 0.6) is 0 Å². The molecule has 21 nitrogen and oxygen atoms in total. The molecule has 10 atom stereocenters. The number of aryl methyl sites for hydroxylation is 1. The highest BCUT2D eigenvalue weighted by Gasteiger charge is 2.57. The number of aromatic nitrogens is 9. The lowest BCUT2D eigenvalue weighted by molar-refractivity contribution is -0.0683. The average Bonchev–Trinajstić information content (AvgIpc) is 3.98. The molecular formula is C32H41FN10O11P2Si. The summed E-state index contributed by atoms with van der Waals surface area (Å²) in [7, 11) is -12.6. The molecule has 306 valence electrons. The fourth-order valence-corrected chi connectivity index (χ4v) is 10.3. The molecule has 8 heterocycles. The minimum absolute atomic E-state index is 0.185. The number of phosphoric acid groups is 2. The lowest BCUT2D eigenvalue weighted by Crippen LogP contribution is -2.49. The largest absolute Gasteiger partial charge is 0.475 e. The Balaban J connectivity index is 1.16. The van der Waals surface area contributed by atoms with Crippen LogP contribution in [0.4, 0.5) is 4.39 Å². The highest BCUT2D eigenvalue weighted by atomic mass is 31.2. The molecule has 2 unspecified atom stereocenters. The molecule has 3 aliphatic rings. The van der Waals surface area contributed by atoms with Crippen molar-refractivity contribution in [1.29, 1.82) is 5.26 Å². The Bertz CT molecular complexity index is 2440. The average molecular weight is 851 g/mol. The van der Waals surface area contributed by atoms with Gasteiger partial charge in [-0.3, -0.25) is 36.2 Å². The van der Waals surface area contributed by atoms with Crippen LogP contribution in [-0.2, 0) is 45.6 Å². The van der Waals surface area contributed by atoms with E-state index in [1.165, 1.54) is 29.9 Å². The molecular weight excluding hydrogens is 809 g/mol. The molecule has 8 rings (SSSR count). The van der Waals surface area contributed by atoms with Crippen LogP contribution in [0.2, 0.25) is 18.1 Å². The van der Waals surface area contributed by atoms with Crippen LogP contribution in [0.3, 0.4) is 0 Å². The first-order chi connectivity index (χ1) is 27.0. The van der Waals surface area contributed by atoms with Crippen LogP contribution < -0.4 is 0 Å². The van der Waals surface area contributed by atoms with Crippen molar-refractivity contribution in [1.82, 2.24) is 43.4 Å². The summed E-state index contributed by atoms with van der Waals surface area (Å²) in [5.74, 6) is 0. The molecule has 0 saturated carbocycles. The molecule has 3 saturated heterocycles. The molecule has 0 spiro atoms. The smallest absolute Gasteiger partial charge is 0.407 e. The highest BCUT2D eigenvalue weighted by molar-refractivity contribution is 7.48. The van der Waals surface area contributed by atoms with Crippen LogP contribution in [0.15, 0.2) is 37.7 Å². The standard InChI is InChI=1S/C32H41FN10O11P2Si/c1-18-22-28(37-14-36-18)43(16-38-22)31-26(54-57(5,6)32(2,3)4)25-20(51-31)12-48-55(44,45)52-24-19(13-49-56(46,53-25)47-11-7-8-34)50-30(21(24)33)42-17-39-23-27-35-9-10-41(27)15-40-29(23)42/h9-10,14-17,19-21,24-26,30-31H,7,11-13H2,1-6H3,(H,44,45)/t19-,20-,21-,24-,25-,26-,30-,31-,56?/m1/s1. The molecule has 0 aliphatic carbocycles. The maximum atomic E-state index is 16.6. The third kappa shape index (κ3) is 7.47.